The minimum absolute atomic E-state index is 0. The zero-order valence-corrected chi connectivity index (χ0v) is 30.7. The van der Waals surface area contributed by atoms with Crippen molar-refractivity contribution in [2.75, 3.05) is 0 Å². The van der Waals surface area contributed by atoms with E-state index >= 15 is 0 Å². The molecule has 0 aromatic carbocycles. The fraction of sp³-hybridized carbons (Fsp3) is 1.00. The molecule has 0 unspecified atom stereocenters. The van der Waals surface area contributed by atoms with Gasteiger partial charge in [0.2, 0.25) is 10.0 Å². The van der Waals surface area contributed by atoms with Gasteiger partial charge in [-0.05, 0) is 19.3 Å². The van der Waals surface area contributed by atoms with E-state index in [4.69, 9.17) is 5.14 Å². The number of halogens is 1. The topological polar surface area (TPSA) is 60.2 Å². The van der Waals surface area contributed by atoms with E-state index in [1.54, 1.807) is 0 Å². The molecule has 0 amide bonds. The van der Waals surface area contributed by atoms with E-state index in [-0.39, 0.29) is 12.4 Å². The first-order chi connectivity index (χ1) is 19.9. The Morgan fingerprint density at radius 1 is 0.357 bits per heavy atom. The van der Waals surface area contributed by atoms with Gasteiger partial charge >= 0.3 is 0 Å². The van der Waals surface area contributed by atoms with Gasteiger partial charge in [0.25, 0.3) is 0 Å². The lowest BCUT2D eigenvalue weighted by atomic mass is 9.88. The van der Waals surface area contributed by atoms with Gasteiger partial charge in [-0.3, -0.25) is 0 Å². The number of hydrogen-bond donors (Lipinski definition) is 1. The Hall–Kier alpha value is 0.200. The Morgan fingerprint density at radius 3 is 0.690 bits per heavy atom. The maximum Gasteiger partial charge on any atom is 0.214 e. The molecule has 0 bridgehead atoms. The largest absolute Gasteiger partial charge is 0.228 e. The van der Waals surface area contributed by atoms with Crippen molar-refractivity contribution in [1.82, 2.24) is 0 Å². The fourth-order valence-corrected chi connectivity index (χ4v) is 7.89. The van der Waals surface area contributed by atoms with Crippen molar-refractivity contribution in [3.63, 3.8) is 0 Å². The molecule has 0 aliphatic rings. The van der Waals surface area contributed by atoms with Gasteiger partial charge in [-0.15, -0.1) is 12.4 Å². The van der Waals surface area contributed by atoms with Crippen LogP contribution in [-0.4, -0.2) is 13.2 Å². The van der Waals surface area contributed by atoms with E-state index in [1.807, 2.05) is 0 Å². The van der Waals surface area contributed by atoms with Crippen LogP contribution in [0, 0.1) is 0 Å². The first-order valence-electron chi connectivity index (χ1n) is 19.0. The molecule has 0 aromatic heterocycles. The number of hydrogen-bond acceptors (Lipinski definition) is 2. The van der Waals surface area contributed by atoms with E-state index in [0.29, 0.717) is 0 Å². The second kappa shape index (κ2) is 32.6. The highest BCUT2D eigenvalue weighted by Gasteiger charge is 2.39. The van der Waals surface area contributed by atoms with Crippen molar-refractivity contribution in [1.29, 1.82) is 0 Å². The molecule has 0 aliphatic heterocycles. The van der Waals surface area contributed by atoms with Crippen LogP contribution in [0.4, 0.5) is 0 Å². The summed E-state index contributed by atoms with van der Waals surface area (Å²) in [5, 5.41) is 6.05. The predicted molar refractivity (Wildman–Crippen MR) is 192 cm³/mol. The third-order valence-corrected chi connectivity index (χ3v) is 11.4. The summed E-state index contributed by atoms with van der Waals surface area (Å²) in [5.41, 5.74) is 0. The molecule has 0 saturated carbocycles. The summed E-state index contributed by atoms with van der Waals surface area (Å²) < 4.78 is 25.5. The summed E-state index contributed by atoms with van der Waals surface area (Å²) in [4.78, 5) is 0. The van der Waals surface area contributed by atoms with Crippen molar-refractivity contribution >= 4 is 22.4 Å². The number of unbranched alkanes of at least 4 members (excludes halogenated alkanes) is 27. The van der Waals surface area contributed by atoms with Gasteiger partial charge in [-0.25, -0.2) is 13.6 Å². The minimum atomic E-state index is -3.56. The van der Waals surface area contributed by atoms with E-state index in [1.165, 1.54) is 154 Å². The van der Waals surface area contributed by atoms with Crippen molar-refractivity contribution in [3.8, 4) is 0 Å². The molecule has 0 aliphatic carbocycles. The van der Waals surface area contributed by atoms with Crippen LogP contribution in [0.15, 0.2) is 0 Å². The number of nitrogens with two attached hydrogens (primary N) is 1. The van der Waals surface area contributed by atoms with Crippen LogP contribution in [0.3, 0.4) is 0 Å². The molecule has 0 fully saturated rings. The van der Waals surface area contributed by atoms with Crippen molar-refractivity contribution in [3.05, 3.63) is 0 Å². The summed E-state index contributed by atoms with van der Waals surface area (Å²) in [7, 11) is -3.56. The molecule has 0 spiro atoms. The maximum absolute atomic E-state index is 13.1. The summed E-state index contributed by atoms with van der Waals surface area (Å²) >= 11 is 0. The van der Waals surface area contributed by atoms with Gasteiger partial charge in [-0.2, -0.15) is 0 Å². The van der Waals surface area contributed by atoms with E-state index in [0.717, 1.165) is 57.8 Å². The second-order valence-corrected chi connectivity index (χ2v) is 15.5. The molecule has 0 saturated heterocycles. The predicted octanol–water partition coefficient (Wildman–Crippen LogP) is 13.4. The van der Waals surface area contributed by atoms with Crippen LogP contribution in [0.5, 0.6) is 0 Å². The second-order valence-electron chi connectivity index (χ2n) is 13.5. The third-order valence-electron chi connectivity index (χ3n) is 9.56. The van der Waals surface area contributed by atoms with Gasteiger partial charge in [0.05, 0.1) is 4.75 Å². The van der Waals surface area contributed by atoms with Gasteiger partial charge < -0.3 is 0 Å². The van der Waals surface area contributed by atoms with E-state index < -0.39 is 14.8 Å². The van der Waals surface area contributed by atoms with Crippen molar-refractivity contribution in [2.45, 2.75) is 237 Å². The van der Waals surface area contributed by atoms with Crippen LogP contribution in [-0.2, 0) is 10.0 Å². The molecule has 5 heteroatoms. The molecular weight excluding hydrogens is 558 g/mol. The van der Waals surface area contributed by atoms with Gasteiger partial charge in [-0.1, -0.05) is 213 Å². The molecule has 3 nitrogen and oxygen atoms in total. The SMILES string of the molecule is CCCCCCCCCCCCC(CCCCCCCCCCCC)(CCCCCCCCCCCC)S(N)(=O)=O.Cl. The zero-order chi connectivity index (χ0) is 30.3. The molecule has 0 radical (unpaired) electrons. The third kappa shape index (κ3) is 26.6. The molecule has 0 heterocycles. The van der Waals surface area contributed by atoms with Gasteiger partial charge in [0, 0.05) is 0 Å². The Balaban J connectivity index is 0. The van der Waals surface area contributed by atoms with Crippen LogP contribution in [0.2, 0.25) is 0 Å². The number of primary sulfonamides is 1. The van der Waals surface area contributed by atoms with Gasteiger partial charge in [0.1, 0.15) is 0 Å². The molecular formula is C37H78ClNO2S. The summed E-state index contributed by atoms with van der Waals surface area (Å²) in [6.07, 6.45) is 40.8. The molecule has 0 aromatic rings. The first-order valence-corrected chi connectivity index (χ1v) is 20.5. The molecule has 42 heavy (non-hydrogen) atoms. The van der Waals surface area contributed by atoms with Crippen LogP contribution in [0.1, 0.15) is 233 Å². The van der Waals surface area contributed by atoms with Crippen LogP contribution < -0.4 is 5.14 Å². The number of rotatable bonds is 34. The Kier molecular flexibility index (Phi) is 34.4. The Bertz CT molecular complexity index is 565. The van der Waals surface area contributed by atoms with Gasteiger partial charge in [0.15, 0.2) is 0 Å². The summed E-state index contributed by atoms with van der Waals surface area (Å²) in [6.45, 7) is 6.82. The van der Waals surface area contributed by atoms with Crippen LogP contribution >= 0.6 is 12.4 Å². The average Bonchev–Trinajstić information content (AvgIpc) is 2.95. The summed E-state index contributed by atoms with van der Waals surface area (Å²) in [6, 6.07) is 0. The van der Waals surface area contributed by atoms with E-state index in [9.17, 15) is 8.42 Å². The van der Waals surface area contributed by atoms with E-state index in [2.05, 4.69) is 20.8 Å². The Labute approximate surface area is 272 Å². The maximum atomic E-state index is 13.1. The fourth-order valence-electron chi connectivity index (χ4n) is 6.61. The highest BCUT2D eigenvalue weighted by molar-refractivity contribution is 7.90. The first kappa shape index (κ1) is 44.3. The smallest absolute Gasteiger partial charge is 0.214 e. The lowest BCUT2D eigenvalue weighted by Crippen LogP contribution is -2.43. The standard InChI is InChI=1S/C37H77NO2S.ClH/c1-4-7-10-13-16-19-22-25-28-31-34-37(41(38,39)40,35-32-29-26-23-20-17-14-11-8-5-2)36-33-30-27-24-21-18-15-12-9-6-3;/h4-36H2,1-3H3,(H2,38,39,40);1H. The summed E-state index contributed by atoms with van der Waals surface area (Å²) in [5.74, 6) is 0. The quantitative estimate of drug-likeness (QED) is 0.0715. The highest BCUT2D eigenvalue weighted by Crippen LogP contribution is 2.35. The highest BCUT2D eigenvalue weighted by atomic mass is 35.5. The average molecular weight is 637 g/mol. The lowest BCUT2D eigenvalue weighted by Gasteiger charge is -2.32. The molecule has 256 valence electrons. The Morgan fingerprint density at radius 2 is 0.524 bits per heavy atom. The zero-order valence-electron chi connectivity index (χ0n) is 29.0. The monoisotopic (exact) mass is 636 g/mol. The minimum Gasteiger partial charge on any atom is -0.228 e. The van der Waals surface area contributed by atoms with Crippen LogP contribution in [0.25, 0.3) is 0 Å². The van der Waals surface area contributed by atoms with Crippen molar-refractivity contribution < 1.29 is 8.42 Å². The molecule has 0 atom stereocenters. The van der Waals surface area contributed by atoms with Crippen molar-refractivity contribution in [2.24, 2.45) is 5.14 Å². The normalized spacial score (nSPS) is 12.1. The lowest BCUT2D eigenvalue weighted by molar-refractivity contribution is 0.377. The number of sulfonamides is 1. The molecule has 0 rings (SSSR count). The molecule has 2 N–H and O–H groups in total.